The maximum Gasteiger partial charge on any atom is 0.306 e. The van der Waals surface area contributed by atoms with Crippen molar-refractivity contribution in [2.75, 3.05) is 13.2 Å². The normalized spacial score (nSPS) is 12.0. The van der Waals surface area contributed by atoms with Crippen molar-refractivity contribution in [2.45, 2.75) is 264 Å². The van der Waals surface area contributed by atoms with Crippen LogP contribution in [0.15, 0.2) is 12.2 Å². The van der Waals surface area contributed by atoms with Gasteiger partial charge in [-0.25, -0.2) is 0 Å². The van der Waals surface area contributed by atoms with Gasteiger partial charge >= 0.3 is 17.9 Å². The average Bonchev–Trinajstić information content (AvgIpc) is 3.17. The van der Waals surface area contributed by atoms with Gasteiger partial charge < -0.3 is 14.2 Å². The van der Waals surface area contributed by atoms with Crippen LogP contribution < -0.4 is 0 Å². The SMILES string of the molecule is CCCCCCCC/C=C\CCCCCCCCCCCC(=O)OCC(COC(=O)CCCCCCC)OC(=O)CCCCCCCCCCCCCC. The van der Waals surface area contributed by atoms with Crippen molar-refractivity contribution in [1.29, 1.82) is 0 Å². The lowest BCUT2D eigenvalue weighted by Gasteiger charge is -2.18. The van der Waals surface area contributed by atoms with Crippen molar-refractivity contribution in [3.8, 4) is 0 Å². The molecule has 6 nitrogen and oxygen atoms in total. The van der Waals surface area contributed by atoms with E-state index in [-0.39, 0.29) is 31.1 Å². The fourth-order valence-corrected chi connectivity index (χ4v) is 6.91. The molecule has 0 saturated carbocycles. The Bertz CT molecular complexity index is 839. The Kier molecular flexibility index (Phi) is 42.4. The largest absolute Gasteiger partial charge is 0.462 e. The van der Waals surface area contributed by atoms with Crippen molar-refractivity contribution in [2.24, 2.45) is 0 Å². The molecule has 0 aliphatic heterocycles. The topological polar surface area (TPSA) is 78.9 Å². The molecule has 0 aliphatic rings. The molecule has 0 rings (SSSR count). The van der Waals surface area contributed by atoms with E-state index in [2.05, 4.69) is 32.9 Å². The molecule has 1 unspecified atom stereocenters. The van der Waals surface area contributed by atoms with Gasteiger partial charge in [-0.2, -0.15) is 0 Å². The van der Waals surface area contributed by atoms with Crippen LogP contribution in [-0.4, -0.2) is 37.2 Å². The number of hydrogen-bond acceptors (Lipinski definition) is 6. The number of rotatable bonds is 43. The zero-order valence-electron chi connectivity index (χ0n) is 36.3. The van der Waals surface area contributed by atoms with Gasteiger partial charge in [0.2, 0.25) is 0 Å². The molecule has 0 saturated heterocycles. The number of carbonyl (C=O) groups excluding carboxylic acids is 3. The molecule has 0 fully saturated rings. The minimum Gasteiger partial charge on any atom is -0.462 e. The first-order valence-electron chi connectivity index (χ1n) is 23.7. The zero-order valence-corrected chi connectivity index (χ0v) is 36.3. The minimum absolute atomic E-state index is 0.0677. The molecule has 6 heteroatoms. The van der Waals surface area contributed by atoms with Gasteiger partial charge in [-0.1, -0.05) is 206 Å². The van der Waals surface area contributed by atoms with Crippen LogP contribution in [0.4, 0.5) is 0 Å². The molecule has 0 spiro atoms. The van der Waals surface area contributed by atoms with Gasteiger partial charge in [0.15, 0.2) is 6.10 Å². The molecule has 54 heavy (non-hydrogen) atoms. The fraction of sp³-hybridized carbons (Fsp3) is 0.896. The van der Waals surface area contributed by atoms with Gasteiger partial charge in [0, 0.05) is 19.3 Å². The van der Waals surface area contributed by atoms with Gasteiger partial charge in [0.1, 0.15) is 13.2 Å². The van der Waals surface area contributed by atoms with E-state index in [9.17, 15) is 14.4 Å². The van der Waals surface area contributed by atoms with E-state index < -0.39 is 6.10 Å². The van der Waals surface area contributed by atoms with E-state index in [0.717, 1.165) is 64.2 Å². The molecule has 0 N–H and O–H groups in total. The first kappa shape index (κ1) is 52.2. The maximum atomic E-state index is 12.7. The number of unbranched alkanes of at least 4 members (excludes halogenated alkanes) is 30. The van der Waals surface area contributed by atoms with E-state index in [1.807, 2.05) is 0 Å². The molecular weight excluding hydrogens is 673 g/mol. The van der Waals surface area contributed by atoms with Crippen molar-refractivity contribution in [1.82, 2.24) is 0 Å². The highest BCUT2D eigenvalue weighted by Gasteiger charge is 2.19. The summed E-state index contributed by atoms with van der Waals surface area (Å²) in [7, 11) is 0. The summed E-state index contributed by atoms with van der Waals surface area (Å²) >= 11 is 0. The lowest BCUT2D eigenvalue weighted by atomic mass is 10.0. The molecule has 0 amide bonds. The van der Waals surface area contributed by atoms with Gasteiger partial charge in [0.05, 0.1) is 0 Å². The third-order valence-corrected chi connectivity index (χ3v) is 10.5. The Hall–Kier alpha value is -1.85. The first-order chi connectivity index (χ1) is 26.5. The summed E-state index contributed by atoms with van der Waals surface area (Å²) in [6, 6.07) is 0. The number of hydrogen-bond donors (Lipinski definition) is 0. The van der Waals surface area contributed by atoms with Crippen molar-refractivity contribution in [3.63, 3.8) is 0 Å². The molecule has 0 aliphatic carbocycles. The quantitative estimate of drug-likeness (QED) is 0.0266. The highest BCUT2D eigenvalue weighted by atomic mass is 16.6. The predicted octanol–water partition coefficient (Wildman–Crippen LogP) is 15.0. The summed E-state index contributed by atoms with van der Waals surface area (Å²) < 4.78 is 16.6. The Morgan fingerprint density at radius 3 is 0.926 bits per heavy atom. The number of esters is 3. The van der Waals surface area contributed by atoms with Crippen LogP contribution in [0.5, 0.6) is 0 Å². The summed E-state index contributed by atoms with van der Waals surface area (Å²) in [5.74, 6) is -0.874. The van der Waals surface area contributed by atoms with Crippen LogP contribution in [0.2, 0.25) is 0 Å². The Morgan fingerprint density at radius 1 is 0.352 bits per heavy atom. The van der Waals surface area contributed by atoms with Crippen LogP contribution in [-0.2, 0) is 28.6 Å². The molecule has 0 bridgehead atoms. The van der Waals surface area contributed by atoms with Gasteiger partial charge in [0.25, 0.3) is 0 Å². The smallest absolute Gasteiger partial charge is 0.306 e. The molecule has 0 radical (unpaired) electrons. The summed E-state index contributed by atoms with van der Waals surface area (Å²) in [5, 5.41) is 0. The van der Waals surface area contributed by atoms with E-state index in [1.54, 1.807) is 0 Å². The van der Waals surface area contributed by atoms with Crippen molar-refractivity contribution >= 4 is 17.9 Å². The maximum absolute atomic E-state index is 12.7. The van der Waals surface area contributed by atoms with Gasteiger partial charge in [-0.3, -0.25) is 14.4 Å². The molecule has 1 atom stereocenters. The summed E-state index contributed by atoms with van der Waals surface area (Å²) in [4.78, 5) is 37.5. The highest BCUT2D eigenvalue weighted by Crippen LogP contribution is 2.15. The Labute approximate surface area is 335 Å². The van der Waals surface area contributed by atoms with Crippen LogP contribution in [0.25, 0.3) is 0 Å². The standard InChI is InChI=1S/C48H90O6/c1-4-7-10-13-15-17-19-21-22-23-24-25-26-27-29-30-32-35-38-41-47(50)53-44-45(43-52-46(49)40-37-34-12-9-6-3)54-48(51)42-39-36-33-31-28-20-18-16-14-11-8-5-2/h21-22,45H,4-20,23-44H2,1-3H3/b22-21-. The average molecular weight is 763 g/mol. The summed E-state index contributed by atoms with van der Waals surface area (Å²) in [6.07, 6.45) is 46.5. The van der Waals surface area contributed by atoms with Gasteiger partial charge in [-0.15, -0.1) is 0 Å². The lowest BCUT2D eigenvalue weighted by Crippen LogP contribution is -2.30. The van der Waals surface area contributed by atoms with Crippen molar-refractivity contribution in [3.05, 3.63) is 12.2 Å². The van der Waals surface area contributed by atoms with E-state index in [0.29, 0.717) is 19.3 Å². The monoisotopic (exact) mass is 763 g/mol. The van der Waals surface area contributed by atoms with Crippen LogP contribution >= 0.6 is 0 Å². The molecule has 0 aromatic heterocycles. The second kappa shape index (κ2) is 43.9. The van der Waals surface area contributed by atoms with Crippen LogP contribution in [0.3, 0.4) is 0 Å². The first-order valence-corrected chi connectivity index (χ1v) is 23.7. The third-order valence-electron chi connectivity index (χ3n) is 10.5. The number of allylic oxidation sites excluding steroid dienone is 2. The number of ether oxygens (including phenoxy) is 3. The Balaban J connectivity index is 4.13. The lowest BCUT2D eigenvalue weighted by molar-refractivity contribution is -0.167. The second-order valence-corrected chi connectivity index (χ2v) is 16.0. The molecular formula is C48H90O6. The van der Waals surface area contributed by atoms with Crippen LogP contribution in [0, 0.1) is 0 Å². The number of carbonyl (C=O) groups is 3. The van der Waals surface area contributed by atoms with Crippen LogP contribution in [0.1, 0.15) is 258 Å². The van der Waals surface area contributed by atoms with E-state index >= 15 is 0 Å². The van der Waals surface area contributed by atoms with E-state index in [4.69, 9.17) is 14.2 Å². The fourth-order valence-electron chi connectivity index (χ4n) is 6.91. The third kappa shape index (κ3) is 41.3. The molecule has 0 aromatic carbocycles. The molecule has 318 valence electrons. The predicted molar refractivity (Wildman–Crippen MR) is 229 cm³/mol. The highest BCUT2D eigenvalue weighted by molar-refractivity contribution is 5.71. The minimum atomic E-state index is -0.760. The Morgan fingerprint density at radius 2 is 0.611 bits per heavy atom. The van der Waals surface area contributed by atoms with Gasteiger partial charge in [-0.05, 0) is 44.9 Å². The zero-order chi connectivity index (χ0) is 39.4. The summed E-state index contributed by atoms with van der Waals surface area (Å²) in [5.41, 5.74) is 0. The van der Waals surface area contributed by atoms with E-state index in [1.165, 1.54) is 154 Å². The summed E-state index contributed by atoms with van der Waals surface area (Å²) in [6.45, 7) is 6.56. The second-order valence-electron chi connectivity index (χ2n) is 16.0. The molecule has 0 aromatic rings. The van der Waals surface area contributed by atoms with Crippen molar-refractivity contribution < 1.29 is 28.6 Å². The molecule has 0 heterocycles.